The van der Waals surface area contributed by atoms with E-state index in [2.05, 4.69) is 5.32 Å². The second-order valence-electron chi connectivity index (χ2n) is 8.04. The monoisotopic (exact) mass is 468 g/mol. The van der Waals surface area contributed by atoms with Gasteiger partial charge in [0, 0.05) is 5.75 Å². The number of hydrogen-bond acceptors (Lipinski definition) is 7. The molecule has 172 valence electrons. The van der Waals surface area contributed by atoms with Crippen molar-refractivity contribution in [2.75, 3.05) is 5.75 Å². The summed E-state index contributed by atoms with van der Waals surface area (Å²) in [5.41, 5.74) is 1.52. The first-order valence-electron chi connectivity index (χ1n) is 10.6. The van der Waals surface area contributed by atoms with Gasteiger partial charge in [0.1, 0.15) is 17.2 Å². The number of ether oxygens (including phenoxy) is 1. The highest BCUT2D eigenvalue weighted by Crippen LogP contribution is 2.39. The highest BCUT2D eigenvalue weighted by atomic mass is 32.2. The van der Waals surface area contributed by atoms with Crippen LogP contribution in [0, 0.1) is 0 Å². The molecule has 2 aliphatic heterocycles. The van der Waals surface area contributed by atoms with Gasteiger partial charge in [0.05, 0.1) is 12.5 Å². The summed E-state index contributed by atoms with van der Waals surface area (Å²) in [7, 11) is 0. The van der Waals surface area contributed by atoms with Gasteiger partial charge in [-0.05, 0) is 18.1 Å². The average molecular weight is 469 g/mol. The Kier molecular flexibility index (Phi) is 6.80. The van der Waals surface area contributed by atoms with E-state index >= 15 is 0 Å². The van der Waals surface area contributed by atoms with Crippen LogP contribution >= 0.6 is 11.8 Å². The summed E-state index contributed by atoms with van der Waals surface area (Å²) < 4.78 is 5.87. The minimum atomic E-state index is -1.18. The van der Waals surface area contributed by atoms with Gasteiger partial charge in [0.25, 0.3) is 0 Å². The maximum atomic E-state index is 13.3. The summed E-state index contributed by atoms with van der Waals surface area (Å²) >= 11 is 1.27. The number of Topliss-reactive ketones (excluding diaryl/α,β-unsaturated/α-hetero) is 1. The molecular formula is C24H24N2O6S. The van der Waals surface area contributed by atoms with Crippen LogP contribution in [0.25, 0.3) is 0 Å². The summed E-state index contributed by atoms with van der Waals surface area (Å²) in [4.78, 5) is 50.5. The first-order chi connectivity index (χ1) is 15.9. The van der Waals surface area contributed by atoms with Crippen LogP contribution in [0.4, 0.5) is 0 Å². The fraction of sp³-hybridized carbons (Fsp3) is 0.333. The van der Waals surface area contributed by atoms with Gasteiger partial charge in [-0.15, -0.1) is 11.8 Å². The Labute approximate surface area is 195 Å². The molecule has 2 fully saturated rings. The van der Waals surface area contributed by atoms with Crippen LogP contribution in [0.3, 0.4) is 0 Å². The van der Waals surface area contributed by atoms with E-state index < -0.39 is 47.4 Å². The zero-order valence-corrected chi connectivity index (χ0v) is 18.7. The van der Waals surface area contributed by atoms with Gasteiger partial charge in [-0.3, -0.25) is 14.4 Å². The van der Waals surface area contributed by atoms with Crippen LogP contribution in [0.15, 0.2) is 60.7 Å². The number of carbonyl (C=O) groups excluding carboxylic acids is 4. The second kappa shape index (κ2) is 9.76. The number of aliphatic hydroxyl groups is 1. The van der Waals surface area contributed by atoms with Crippen LogP contribution in [-0.2, 0) is 23.9 Å². The molecule has 9 heteroatoms. The number of rotatable bonds is 7. The predicted octanol–water partition coefficient (Wildman–Crippen LogP) is 1.43. The summed E-state index contributed by atoms with van der Waals surface area (Å²) in [5.74, 6) is -1.85. The largest absolute Gasteiger partial charge is 0.451 e. The Morgan fingerprint density at radius 3 is 2.21 bits per heavy atom. The maximum Gasteiger partial charge on any atom is 0.332 e. The molecule has 4 rings (SSSR count). The third-order valence-corrected chi connectivity index (χ3v) is 6.96. The zero-order chi connectivity index (χ0) is 23.5. The third-order valence-electron chi connectivity index (χ3n) is 5.59. The Hall–Kier alpha value is -3.17. The molecule has 2 amide bonds. The minimum absolute atomic E-state index is 0.203. The van der Waals surface area contributed by atoms with Crippen LogP contribution in [-0.4, -0.2) is 62.9 Å². The summed E-state index contributed by atoms with van der Waals surface area (Å²) in [6, 6.07) is 16.4. The van der Waals surface area contributed by atoms with Gasteiger partial charge in [0.2, 0.25) is 11.8 Å². The Morgan fingerprint density at radius 1 is 1.09 bits per heavy atom. The van der Waals surface area contributed by atoms with Crippen molar-refractivity contribution in [1.29, 1.82) is 0 Å². The van der Waals surface area contributed by atoms with Crippen molar-refractivity contribution >= 4 is 35.3 Å². The van der Waals surface area contributed by atoms with E-state index in [1.165, 1.54) is 23.6 Å². The maximum absolute atomic E-state index is 13.3. The molecule has 2 aromatic rings. The number of amides is 2. The highest BCUT2D eigenvalue weighted by molar-refractivity contribution is 8.00. The molecule has 0 aromatic heterocycles. The topological polar surface area (TPSA) is 113 Å². The molecule has 0 spiro atoms. The van der Waals surface area contributed by atoms with E-state index in [-0.39, 0.29) is 18.0 Å². The Balaban J connectivity index is 1.52. The molecule has 2 heterocycles. The van der Waals surface area contributed by atoms with E-state index in [1.54, 1.807) is 0 Å². The molecule has 2 saturated heterocycles. The van der Waals surface area contributed by atoms with Crippen LogP contribution in [0.2, 0.25) is 0 Å². The van der Waals surface area contributed by atoms with Crippen LogP contribution in [0.5, 0.6) is 0 Å². The molecule has 0 bridgehead atoms. The first kappa shape index (κ1) is 23.0. The zero-order valence-electron chi connectivity index (χ0n) is 17.9. The number of aliphatic hydroxyl groups excluding tert-OH is 1. The van der Waals surface area contributed by atoms with Gasteiger partial charge in [0.15, 0.2) is 12.1 Å². The Bertz CT molecular complexity index is 1010. The molecule has 0 aliphatic carbocycles. The Morgan fingerprint density at radius 2 is 1.67 bits per heavy atom. The number of β-lactam (4-membered cyclic amide) rings is 1. The lowest BCUT2D eigenvalue weighted by molar-refractivity contribution is -0.173. The fourth-order valence-corrected chi connectivity index (χ4v) is 5.41. The van der Waals surface area contributed by atoms with E-state index in [0.717, 1.165) is 11.1 Å². The standard InChI is InChI=1S/C24H24N2O6S/c1-14(27)12-18(29)25-19-22(30)26-20(17(28)13-33-23(19)26)24(31)32-21(15-8-4-2-5-9-15)16-10-6-3-7-11-16/h2-11,17,19-21,23,28H,12-13H2,1H3,(H,25,29)/t17?,19-,20-,23-/m1/s1. The van der Waals surface area contributed by atoms with E-state index in [4.69, 9.17) is 4.74 Å². The number of hydrogen-bond donors (Lipinski definition) is 2. The predicted molar refractivity (Wildman–Crippen MR) is 121 cm³/mol. The smallest absolute Gasteiger partial charge is 0.332 e. The summed E-state index contributed by atoms with van der Waals surface area (Å²) in [5, 5.41) is 12.6. The lowest BCUT2D eigenvalue weighted by Gasteiger charge is -2.53. The van der Waals surface area contributed by atoms with Crippen LogP contribution < -0.4 is 5.32 Å². The van der Waals surface area contributed by atoms with Crippen molar-refractivity contribution in [2.24, 2.45) is 0 Å². The summed E-state index contributed by atoms with van der Waals surface area (Å²) in [6.45, 7) is 1.29. The number of fused-ring (bicyclic) bond motifs is 1. The number of esters is 1. The normalized spacial score (nSPS) is 24.0. The number of carbonyl (C=O) groups is 4. The van der Waals surface area contributed by atoms with Crippen molar-refractivity contribution in [3.05, 3.63) is 71.8 Å². The third kappa shape index (κ3) is 4.79. The number of ketones is 1. The lowest BCUT2D eigenvalue weighted by Crippen LogP contribution is -2.76. The number of nitrogens with one attached hydrogen (secondary N) is 1. The SMILES string of the molecule is CC(=O)CC(=O)N[C@@H]1C(=O)N2[C@@H]1SCC(O)[C@@H]2C(=O)OC(c1ccccc1)c1ccccc1. The second-order valence-corrected chi connectivity index (χ2v) is 9.19. The molecule has 0 saturated carbocycles. The van der Waals surface area contributed by atoms with Crippen molar-refractivity contribution in [2.45, 2.75) is 43.0 Å². The minimum Gasteiger partial charge on any atom is -0.451 e. The van der Waals surface area contributed by atoms with Crippen molar-refractivity contribution in [3.8, 4) is 0 Å². The van der Waals surface area contributed by atoms with E-state index in [0.29, 0.717) is 0 Å². The number of nitrogens with zero attached hydrogens (tertiary/aromatic N) is 1. The van der Waals surface area contributed by atoms with E-state index in [1.807, 2.05) is 60.7 Å². The molecular weight excluding hydrogens is 444 g/mol. The molecule has 4 atom stereocenters. The van der Waals surface area contributed by atoms with Gasteiger partial charge in [-0.2, -0.15) is 0 Å². The van der Waals surface area contributed by atoms with Gasteiger partial charge in [-0.25, -0.2) is 4.79 Å². The first-order valence-corrected chi connectivity index (χ1v) is 11.6. The summed E-state index contributed by atoms with van der Waals surface area (Å²) in [6.07, 6.45) is -2.13. The molecule has 0 radical (unpaired) electrons. The average Bonchev–Trinajstić information content (AvgIpc) is 2.81. The van der Waals surface area contributed by atoms with Gasteiger partial charge in [-0.1, -0.05) is 60.7 Å². The molecule has 2 aromatic carbocycles. The van der Waals surface area contributed by atoms with Gasteiger partial charge >= 0.3 is 5.97 Å². The number of thioether (sulfide) groups is 1. The van der Waals surface area contributed by atoms with Crippen molar-refractivity contribution < 1.29 is 29.0 Å². The molecule has 1 unspecified atom stereocenters. The van der Waals surface area contributed by atoms with Gasteiger partial charge < -0.3 is 20.1 Å². The van der Waals surface area contributed by atoms with E-state index in [9.17, 15) is 24.3 Å². The molecule has 2 aliphatic rings. The lowest BCUT2D eigenvalue weighted by atomic mass is 9.98. The fourth-order valence-electron chi connectivity index (χ4n) is 4.06. The number of benzene rings is 2. The molecule has 33 heavy (non-hydrogen) atoms. The quantitative estimate of drug-likeness (QED) is 0.359. The highest BCUT2D eigenvalue weighted by Gasteiger charge is 2.58. The van der Waals surface area contributed by atoms with Crippen molar-refractivity contribution in [1.82, 2.24) is 10.2 Å². The van der Waals surface area contributed by atoms with Crippen LogP contribution in [0.1, 0.15) is 30.6 Å². The molecule has 2 N–H and O–H groups in total. The molecule has 8 nitrogen and oxygen atoms in total. The van der Waals surface area contributed by atoms with Crippen molar-refractivity contribution in [3.63, 3.8) is 0 Å².